The molecule has 1 N–H and O–H groups in total. The number of ether oxygens (including phenoxy) is 1. The summed E-state index contributed by atoms with van der Waals surface area (Å²) in [6, 6.07) is 16.3. The minimum absolute atomic E-state index is 0.0482. The van der Waals surface area contributed by atoms with Crippen molar-refractivity contribution >= 4 is 29.2 Å². The van der Waals surface area contributed by atoms with Gasteiger partial charge < -0.3 is 15.0 Å². The van der Waals surface area contributed by atoms with Crippen molar-refractivity contribution in [2.75, 3.05) is 23.4 Å². The molecule has 2 aromatic rings. The Morgan fingerprint density at radius 3 is 2.68 bits per heavy atom. The lowest BCUT2D eigenvalue weighted by Crippen LogP contribution is -2.29. The highest BCUT2D eigenvalue weighted by molar-refractivity contribution is 6.00. The number of anilines is 2. The number of amides is 2. The van der Waals surface area contributed by atoms with Crippen molar-refractivity contribution in [1.29, 1.82) is 5.26 Å². The maximum Gasteiger partial charge on any atom is 0.311 e. The van der Waals surface area contributed by atoms with Crippen LogP contribution in [0.1, 0.15) is 43.7 Å². The highest BCUT2D eigenvalue weighted by atomic mass is 16.5. The normalized spacial score (nSPS) is 16.5. The molecule has 7 nitrogen and oxygen atoms in total. The molecule has 1 aliphatic heterocycles. The van der Waals surface area contributed by atoms with Crippen LogP contribution in [0.3, 0.4) is 0 Å². The molecule has 7 heteroatoms. The number of rotatable bonds is 7. The number of benzene rings is 2. The fourth-order valence-electron chi connectivity index (χ4n) is 3.60. The van der Waals surface area contributed by atoms with Gasteiger partial charge in [0.15, 0.2) is 6.61 Å². The summed E-state index contributed by atoms with van der Waals surface area (Å²) in [5.41, 5.74) is 2.57. The van der Waals surface area contributed by atoms with Crippen LogP contribution < -0.4 is 10.2 Å². The highest BCUT2D eigenvalue weighted by Crippen LogP contribution is 2.33. The Bertz CT molecular complexity index is 1030. The molecule has 1 aliphatic rings. The molecule has 3 rings (SSSR count). The Morgan fingerprint density at radius 2 is 1.94 bits per heavy atom. The Balaban J connectivity index is 1.60. The van der Waals surface area contributed by atoms with Gasteiger partial charge in [0, 0.05) is 18.7 Å². The van der Waals surface area contributed by atoms with Crippen LogP contribution in [0.4, 0.5) is 11.4 Å². The van der Waals surface area contributed by atoms with Crippen LogP contribution in [-0.4, -0.2) is 30.9 Å². The number of hydrogen-bond donors (Lipinski definition) is 1. The number of hydrogen-bond acceptors (Lipinski definition) is 5. The van der Waals surface area contributed by atoms with Crippen molar-refractivity contribution in [2.45, 2.75) is 32.6 Å². The lowest BCUT2D eigenvalue weighted by Gasteiger charge is -2.23. The van der Waals surface area contributed by atoms with Gasteiger partial charge in [0.1, 0.15) is 6.07 Å². The van der Waals surface area contributed by atoms with Crippen LogP contribution in [0.5, 0.6) is 0 Å². The number of nitrogens with zero attached hydrogens (tertiary/aromatic N) is 2. The van der Waals surface area contributed by atoms with Crippen molar-refractivity contribution in [1.82, 2.24) is 0 Å². The van der Waals surface area contributed by atoms with E-state index in [1.54, 1.807) is 29.2 Å². The predicted molar refractivity (Wildman–Crippen MR) is 116 cm³/mol. The molecule has 0 radical (unpaired) electrons. The first kappa shape index (κ1) is 22.0. The van der Waals surface area contributed by atoms with E-state index in [1.165, 1.54) is 0 Å². The quantitative estimate of drug-likeness (QED) is 0.691. The molecule has 0 spiro atoms. The molecule has 0 unspecified atom stereocenters. The summed E-state index contributed by atoms with van der Waals surface area (Å²) in [5.74, 6) is -1.60. The van der Waals surface area contributed by atoms with Crippen LogP contribution in [0.2, 0.25) is 0 Å². The number of nitrogens with one attached hydrogen (secondary N) is 1. The summed E-state index contributed by atoms with van der Waals surface area (Å²) in [5, 5.41) is 11.6. The predicted octanol–water partition coefficient (Wildman–Crippen LogP) is 3.61. The summed E-state index contributed by atoms with van der Waals surface area (Å²) < 4.78 is 5.15. The van der Waals surface area contributed by atoms with Gasteiger partial charge in [-0.3, -0.25) is 14.4 Å². The summed E-state index contributed by atoms with van der Waals surface area (Å²) >= 11 is 0. The van der Waals surface area contributed by atoms with Crippen molar-refractivity contribution in [2.24, 2.45) is 5.92 Å². The molecule has 1 fully saturated rings. The minimum atomic E-state index is -0.628. The first-order chi connectivity index (χ1) is 14.9. The second kappa shape index (κ2) is 9.90. The topological polar surface area (TPSA) is 99.5 Å². The average molecular weight is 419 g/mol. The van der Waals surface area contributed by atoms with Crippen LogP contribution in [0.15, 0.2) is 48.5 Å². The van der Waals surface area contributed by atoms with Crippen molar-refractivity contribution in [3.63, 3.8) is 0 Å². The van der Waals surface area contributed by atoms with E-state index in [1.807, 2.05) is 30.3 Å². The van der Waals surface area contributed by atoms with E-state index in [4.69, 9.17) is 10.00 Å². The van der Waals surface area contributed by atoms with E-state index >= 15 is 0 Å². The van der Waals surface area contributed by atoms with Gasteiger partial charge in [0.05, 0.1) is 17.2 Å². The molecule has 1 saturated heterocycles. The van der Waals surface area contributed by atoms with Gasteiger partial charge in [-0.25, -0.2) is 0 Å². The molecule has 31 heavy (non-hydrogen) atoms. The van der Waals surface area contributed by atoms with Gasteiger partial charge in [0.2, 0.25) is 5.91 Å². The van der Waals surface area contributed by atoms with Crippen molar-refractivity contribution < 1.29 is 19.1 Å². The van der Waals surface area contributed by atoms with Gasteiger partial charge in [0.25, 0.3) is 5.91 Å². The third-order valence-electron chi connectivity index (χ3n) is 5.50. The number of nitriles is 1. The Kier molecular flexibility index (Phi) is 7.03. The van der Waals surface area contributed by atoms with Crippen molar-refractivity contribution in [3.05, 3.63) is 59.7 Å². The fraction of sp³-hybridized carbons (Fsp3) is 0.333. The molecule has 2 aromatic carbocycles. The molecule has 0 saturated carbocycles. The molecular formula is C24H25N3O4. The average Bonchev–Trinajstić information content (AvgIpc) is 3.18. The molecule has 2 amide bonds. The van der Waals surface area contributed by atoms with E-state index in [0.717, 1.165) is 17.7 Å². The molecule has 1 heterocycles. The number of carbonyl (C=O) groups is 3. The van der Waals surface area contributed by atoms with Gasteiger partial charge >= 0.3 is 5.97 Å². The maximum absolute atomic E-state index is 12.6. The first-order valence-electron chi connectivity index (χ1n) is 10.3. The van der Waals surface area contributed by atoms with Gasteiger partial charge in [-0.15, -0.1) is 0 Å². The third-order valence-corrected chi connectivity index (χ3v) is 5.50. The molecule has 0 aliphatic carbocycles. The van der Waals surface area contributed by atoms with E-state index in [9.17, 15) is 14.4 Å². The van der Waals surface area contributed by atoms with Crippen LogP contribution in [0, 0.1) is 17.2 Å². The Hall–Kier alpha value is -3.66. The van der Waals surface area contributed by atoms with E-state index in [2.05, 4.69) is 19.2 Å². The molecule has 2 atom stereocenters. The van der Waals surface area contributed by atoms with E-state index in [-0.39, 0.29) is 24.8 Å². The zero-order valence-electron chi connectivity index (χ0n) is 17.6. The summed E-state index contributed by atoms with van der Waals surface area (Å²) in [6.07, 6.45) is 0.987. The van der Waals surface area contributed by atoms with Gasteiger partial charge in [-0.1, -0.05) is 44.2 Å². The summed E-state index contributed by atoms with van der Waals surface area (Å²) in [6.45, 7) is 3.94. The molecule has 0 bridgehead atoms. The lowest BCUT2D eigenvalue weighted by molar-refractivity contribution is -0.151. The SMILES string of the molecule is CC[C@H](C)c1ccccc1N1C[C@H](C(=O)OCC(=O)Nc2ccccc2C#N)CC1=O. The van der Waals surface area contributed by atoms with E-state index in [0.29, 0.717) is 11.3 Å². The highest BCUT2D eigenvalue weighted by Gasteiger charge is 2.37. The fourth-order valence-corrected chi connectivity index (χ4v) is 3.60. The summed E-state index contributed by atoms with van der Waals surface area (Å²) in [4.78, 5) is 38.9. The molecule has 160 valence electrons. The number of esters is 1. The molecular weight excluding hydrogens is 394 g/mol. The zero-order chi connectivity index (χ0) is 22.4. The smallest absolute Gasteiger partial charge is 0.311 e. The van der Waals surface area contributed by atoms with Gasteiger partial charge in [-0.2, -0.15) is 5.26 Å². The molecule has 0 aromatic heterocycles. The zero-order valence-corrected chi connectivity index (χ0v) is 17.6. The van der Waals surface area contributed by atoms with Crippen LogP contribution in [-0.2, 0) is 19.1 Å². The Labute approximate surface area is 181 Å². The number of carbonyl (C=O) groups excluding carboxylic acids is 3. The van der Waals surface area contributed by atoms with E-state index < -0.39 is 24.4 Å². The van der Waals surface area contributed by atoms with Crippen LogP contribution in [0.25, 0.3) is 0 Å². The second-order valence-electron chi connectivity index (χ2n) is 7.59. The maximum atomic E-state index is 12.6. The largest absolute Gasteiger partial charge is 0.455 e. The third kappa shape index (κ3) is 5.10. The van der Waals surface area contributed by atoms with Gasteiger partial charge in [-0.05, 0) is 36.1 Å². The van der Waals surface area contributed by atoms with Crippen LogP contribution >= 0.6 is 0 Å². The number of para-hydroxylation sites is 2. The minimum Gasteiger partial charge on any atom is -0.455 e. The van der Waals surface area contributed by atoms with Crippen molar-refractivity contribution in [3.8, 4) is 6.07 Å². The Morgan fingerprint density at radius 1 is 1.23 bits per heavy atom. The lowest BCUT2D eigenvalue weighted by atomic mass is 9.96. The monoisotopic (exact) mass is 419 g/mol. The second-order valence-corrected chi connectivity index (χ2v) is 7.59. The first-order valence-corrected chi connectivity index (χ1v) is 10.3. The summed E-state index contributed by atoms with van der Waals surface area (Å²) in [7, 11) is 0. The standard InChI is InChI=1S/C24H25N3O4/c1-3-16(2)19-9-5-7-11-21(19)27-14-18(12-23(27)29)24(30)31-15-22(28)26-20-10-6-4-8-17(20)13-25/h4-11,16,18H,3,12,14-15H2,1-2H3,(H,26,28)/t16-,18+/m0/s1.